The average molecular weight is 288 g/mol. The van der Waals surface area contributed by atoms with Crippen LogP contribution < -0.4 is 4.74 Å². The normalized spacial score (nSPS) is 18.0. The highest BCUT2D eigenvalue weighted by molar-refractivity contribution is 5.92. The molecule has 21 heavy (non-hydrogen) atoms. The molecule has 1 amide bonds. The van der Waals surface area contributed by atoms with E-state index in [1.807, 2.05) is 6.92 Å². The van der Waals surface area contributed by atoms with Crippen LogP contribution in [-0.2, 0) is 0 Å². The Hall–Kier alpha value is -2.44. The van der Waals surface area contributed by atoms with Gasteiger partial charge in [-0.2, -0.15) is 4.98 Å². The van der Waals surface area contributed by atoms with Gasteiger partial charge in [0.15, 0.2) is 5.69 Å². The van der Waals surface area contributed by atoms with Crippen molar-refractivity contribution >= 4 is 5.91 Å². The number of aromatic nitrogens is 3. The molecule has 1 atom stereocenters. The smallest absolute Gasteiger partial charge is 0.276 e. The summed E-state index contributed by atoms with van der Waals surface area (Å²) in [6, 6.07) is 3.36. The first-order valence-electron chi connectivity index (χ1n) is 6.81. The molecule has 110 valence electrons. The number of nitrogens with zero attached hydrogens (tertiary/aromatic N) is 4. The molecule has 1 saturated heterocycles. The number of hydrogen-bond donors (Lipinski definition) is 0. The van der Waals surface area contributed by atoms with Gasteiger partial charge in [-0.3, -0.25) is 4.79 Å². The molecule has 2 aromatic heterocycles. The van der Waals surface area contributed by atoms with Gasteiger partial charge in [0.2, 0.25) is 5.88 Å². The van der Waals surface area contributed by atoms with Gasteiger partial charge in [0.25, 0.3) is 5.91 Å². The zero-order valence-corrected chi connectivity index (χ0v) is 11.9. The van der Waals surface area contributed by atoms with Crippen molar-refractivity contribution in [2.75, 3.05) is 13.1 Å². The molecule has 2 aromatic rings. The third-order valence-electron chi connectivity index (χ3n) is 3.32. The predicted octanol–water partition coefficient (Wildman–Crippen LogP) is 1.37. The van der Waals surface area contributed by atoms with E-state index in [9.17, 15) is 4.79 Å². The van der Waals surface area contributed by atoms with E-state index in [2.05, 4.69) is 15.1 Å². The van der Waals surface area contributed by atoms with Gasteiger partial charge in [-0.1, -0.05) is 5.16 Å². The monoisotopic (exact) mass is 288 g/mol. The van der Waals surface area contributed by atoms with Gasteiger partial charge in [0, 0.05) is 31.3 Å². The lowest BCUT2D eigenvalue weighted by Crippen LogP contribution is -2.31. The SMILES string of the molecule is Cc1nccc(OC2CCN(C(=O)c3cc(C)on3)C2)n1. The fourth-order valence-corrected chi connectivity index (χ4v) is 2.31. The molecule has 0 aromatic carbocycles. The summed E-state index contributed by atoms with van der Waals surface area (Å²) >= 11 is 0. The standard InChI is InChI=1S/C14H16N4O3/c1-9-7-12(17-21-9)14(19)18-6-4-11(8-18)20-13-3-5-15-10(2)16-13/h3,5,7,11H,4,6,8H2,1-2H3. The van der Waals surface area contributed by atoms with Crippen LogP contribution in [0, 0.1) is 13.8 Å². The Labute approximate surface area is 121 Å². The molecule has 3 rings (SSSR count). The molecule has 1 aliphatic heterocycles. The van der Waals surface area contributed by atoms with Gasteiger partial charge in [0.05, 0.1) is 6.54 Å². The Morgan fingerprint density at radius 1 is 1.48 bits per heavy atom. The van der Waals surface area contributed by atoms with Crippen LogP contribution in [0.15, 0.2) is 22.9 Å². The van der Waals surface area contributed by atoms with Crippen molar-refractivity contribution in [2.24, 2.45) is 0 Å². The molecule has 0 bridgehead atoms. The third kappa shape index (κ3) is 3.01. The van der Waals surface area contributed by atoms with Crippen LogP contribution in [-0.4, -0.2) is 45.1 Å². The Balaban J connectivity index is 1.61. The molecule has 7 heteroatoms. The first-order chi connectivity index (χ1) is 10.1. The molecule has 0 aliphatic carbocycles. The van der Waals surface area contributed by atoms with Crippen LogP contribution >= 0.6 is 0 Å². The molecule has 0 spiro atoms. The van der Waals surface area contributed by atoms with Gasteiger partial charge in [-0.05, 0) is 13.8 Å². The fraction of sp³-hybridized carbons (Fsp3) is 0.429. The van der Waals surface area contributed by atoms with Crippen LogP contribution in [0.5, 0.6) is 5.88 Å². The highest BCUT2D eigenvalue weighted by atomic mass is 16.5. The predicted molar refractivity (Wildman–Crippen MR) is 72.9 cm³/mol. The molecular weight excluding hydrogens is 272 g/mol. The number of aryl methyl sites for hydroxylation is 2. The summed E-state index contributed by atoms with van der Waals surface area (Å²) in [5, 5.41) is 3.75. The summed E-state index contributed by atoms with van der Waals surface area (Å²) in [7, 11) is 0. The van der Waals surface area contributed by atoms with Crippen LogP contribution in [0.4, 0.5) is 0 Å². The Bertz CT molecular complexity index is 655. The maximum absolute atomic E-state index is 12.2. The van der Waals surface area contributed by atoms with Crippen molar-refractivity contribution in [2.45, 2.75) is 26.4 Å². The zero-order chi connectivity index (χ0) is 14.8. The number of likely N-dealkylation sites (tertiary alicyclic amines) is 1. The molecule has 0 N–H and O–H groups in total. The third-order valence-corrected chi connectivity index (χ3v) is 3.32. The molecule has 3 heterocycles. The van der Waals surface area contributed by atoms with Gasteiger partial charge < -0.3 is 14.2 Å². The van der Waals surface area contributed by atoms with Gasteiger partial charge in [-0.15, -0.1) is 0 Å². The Kier molecular flexibility index (Phi) is 3.55. The summed E-state index contributed by atoms with van der Waals surface area (Å²) in [6.07, 6.45) is 2.37. The molecule has 0 radical (unpaired) electrons. The summed E-state index contributed by atoms with van der Waals surface area (Å²) in [4.78, 5) is 22.2. The Morgan fingerprint density at radius 3 is 3.05 bits per heavy atom. The largest absolute Gasteiger partial charge is 0.472 e. The number of carbonyl (C=O) groups is 1. The minimum Gasteiger partial charge on any atom is -0.472 e. The van der Waals surface area contributed by atoms with Gasteiger partial charge in [-0.25, -0.2) is 4.98 Å². The van der Waals surface area contributed by atoms with Gasteiger partial charge in [0.1, 0.15) is 17.7 Å². The lowest BCUT2D eigenvalue weighted by molar-refractivity contribution is 0.0761. The van der Waals surface area contributed by atoms with E-state index in [1.165, 1.54) is 0 Å². The van der Waals surface area contributed by atoms with E-state index in [4.69, 9.17) is 9.26 Å². The number of hydrogen-bond acceptors (Lipinski definition) is 6. The lowest BCUT2D eigenvalue weighted by atomic mass is 10.3. The second-order valence-corrected chi connectivity index (χ2v) is 5.04. The van der Waals surface area contributed by atoms with Gasteiger partial charge >= 0.3 is 0 Å². The van der Waals surface area contributed by atoms with Crippen LogP contribution in [0.3, 0.4) is 0 Å². The fourth-order valence-electron chi connectivity index (χ4n) is 2.31. The first kappa shape index (κ1) is 13.5. The average Bonchev–Trinajstić information content (AvgIpc) is 3.07. The molecule has 1 fully saturated rings. The second kappa shape index (κ2) is 5.51. The van der Waals surface area contributed by atoms with E-state index in [0.29, 0.717) is 36.2 Å². The summed E-state index contributed by atoms with van der Waals surface area (Å²) in [6.45, 7) is 4.73. The maximum atomic E-state index is 12.2. The van der Waals surface area contributed by atoms with Crippen molar-refractivity contribution < 1.29 is 14.1 Å². The summed E-state index contributed by atoms with van der Waals surface area (Å²) in [5.74, 6) is 1.70. The lowest BCUT2D eigenvalue weighted by Gasteiger charge is -2.15. The Morgan fingerprint density at radius 2 is 2.33 bits per heavy atom. The van der Waals surface area contributed by atoms with Crippen molar-refractivity contribution in [3.63, 3.8) is 0 Å². The minimum absolute atomic E-state index is 0.0590. The van der Waals surface area contributed by atoms with E-state index < -0.39 is 0 Å². The van der Waals surface area contributed by atoms with Crippen LogP contribution in [0.2, 0.25) is 0 Å². The highest BCUT2D eigenvalue weighted by Crippen LogP contribution is 2.18. The quantitative estimate of drug-likeness (QED) is 0.848. The van der Waals surface area contributed by atoms with Crippen molar-refractivity contribution in [3.8, 4) is 5.88 Å². The molecular formula is C14H16N4O3. The van der Waals surface area contributed by atoms with E-state index in [1.54, 1.807) is 30.2 Å². The number of rotatable bonds is 3. The summed E-state index contributed by atoms with van der Waals surface area (Å²) in [5.41, 5.74) is 0.339. The number of ether oxygens (including phenoxy) is 1. The van der Waals surface area contributed by atoms with E-state index in [0.717, 1.165) is 6.42 Å². The maximum Gasteiger partial charge on any atom is 0.276 e. The zero-order valence-electron chi connectivity index (χ0n) is 11.9. The molecule has 0 saturated carbocycles. The number of carbonyl (C=O) groups excluding carboxylic acids is 1. The topological polar surface area (TPSA) is 81.4 Å². The van der Waals surface area contributed by atoms with Crippen molar-refractivity contribution in [1.29, 1.82) is 0 Å². The van der Waals surface area contributed by atoms with Crippen molar-refractivity contribution in [3.05, 3.63) is 35.6 Å². The van der Waals surface area contributed by atoms with Crippen LogP contribution in [0.1, 0.15) is 28.5 Å². The van der Waals surface area contributed by atoms with E-state index in [-0.39, 0.29) is 12.0 Å². The second-order valence-electron chi connectivity index (χ2n) is 5.04. The molecule has 7 nitrogen and oxygen atoms in total. The first-order valence-corrected chi connectivity index (χ1v) is 6.81. The highest BCUT2D eigenvalue weighted by Gasteiger charge is 2.30. The number of amides is 1. The molecule has 1 aliphatic rings. The van der Waals surface area contributed by atoms with E-state index >= 15 is 0 Å². The van der Waals surface area contributed by atoms with Crippen molar-refractivity contribution in [1.82, 2.24) is 20.0 Å². The molecule has 1 unspecified atom stereocenters. The summed E-state index contributed by atoms with van der Waals surface area (Å²) < 4.78 is 10.7. The van der Waals surface area contributed by atoms with Crippen LogP contribution in [0.25, 0.3) is 0 Å². The minimum atomic E-state index is -0.128.